The number of ether oxygens (including phenoxy) is 1. The minimum atomic E-state index is -1.03. The van der Waals surface area contributed by atoms with Crippen molar-refractivity contribution in [3.63, 3.8) is 0 Å². The van der Waals surface area contributed by atoms with E-state index < -0.39 is 12.1 Å². The predicted molar refractivity (Wildman–Crippen MR) is 111 cm³/mol. The van der Waals surface area contributed by atoms with E-state index in [1.807, 2.05) is 38.1 Å². The minimum Gasteiger partial charge on any atom is -0.448 e. The Balaban J connectivity index is 1.79. The molecule has 29 heavy (non-hydrogen) atoms. The van der Waals surface area contributed by atoms with Crippen LogP contribution in [0.25, 0.3) is 0 Å². The van der Waals surface area contributed by atoms with E-state index in [0.29, 0.717) is 24.1 Å². The molecule has 5 nitrogen and oxygen atoms in total. The summed E-state index contributed by atoms with van der Waals surface area (Å²) in [5.41, 5.74) is 3.21. The maximum Gasteiger partial charge on any atom is 0.326 e. The molecule has 1 amide bonds. The third-order valence-electron chi connectivity index (χ3n) is 5.19. The average Bonchev–Trinajstić information content (AvgIpc) is 2.91. The molecule has 2 aromatic carbocycles. The van der Waals surface area contributed by atoms with Crippen molar-refractivity contribution in [2.24, 2.45) is 0 Å². The van der Waals surface area contributed by atoms with E-state index in [-0.39, 0.29) is 18.2 Å². The topological polar surface area (TPSA) is 63.7 Å². The van der Waals surface area contributed by atoms with Gasteiger partial charge in [-0.3, -0.25) is 14.4 Å². The van der Waals surface area contributed by atoms with Crippen molar-refractivity contribution in [1.82, 2.24) is 4.90 Å². The van der Waals surface area contributed by atoms with Crippen LogP contribution in [-0.2, 0) is 14.3 Å². The first kappa shape index (κ1) is 20.8. The van der Waals surface area contributed by atoms with Gasteiger partial charge < -0.3 is 9.64 Å². The van der Waals surface area contributed by atoms with Crippen molar-refractivity contribution in [1.29, 1.82) is 0 Å². The normalized spacial score (nSPS) is 15.5. The van der Waals surface area contributed by atoms with Gasteiger partial charge >= 0.3 is 5.97 Å². The van der Waals surface area contributed by atoms with Gasteiger partial charge in [0.05, 0.1) is 0 Å². The largest absolute Gasteiger partial charge is 0.448 e. The molecule has 1 aliphatic heterocycles. The van der Waals surface area contributed by atoms with Crippen LogP contribution in [0.3, 0.4) is 0 Å². The first-order valence-corrected chi connectivity index (χ1v) is 10.1. The number of ketones is 1. The van der Waals surface area contributed by atoms with E-state index >= 15 is 0 Å². The van der Waals surface area contributed by atoms with Crippen LogP contribution in [-0.4, -0.2) is 35.6 Å². The van der Waals surface area contributed by atoms with Gasteiger partial charge in [0.1, 0.15) is 6.54 Å². The van der Waals surface area contributed by atoms with Crippen LogP contribution in [0, 0.1) is 13.8 Å². The molecule has 0 saturated carbocycles. The summed E-state index contributed by atoms with van der Waals surface area (Å²) < 4.78 is 5.63. The first-order valence-electron chi connectivity index (χ1n) is 10.1. The molecule has 0 N–H and O–H groups in total. The zero-order valence-electron chi connectivity index (χ0n) is 17.0. The summed E-state index contributed by atoms with van der Waals surface area (Å²) in [6.45, 7) is 4.33. The van der Waals surface area contributed by atoms with Gasteiger partial charge in [-0.25, -0.2) is 0 Å². The van der Waals surface area contributed by atoms with Crippen LogP contribution in [0.15, 0.2) is 48.5 Å². The first-order chi connectivity index (χ1) is 13.9. The van der Waals surface area contributed by atoms with Gasteiger partial charge in [-0.05, 0) is 26.7 Å². The molecule has 1 heterocycles. The molecule has 0 aliphatic carbocycles. The number of carbonyl (C=O) groups excluding carboxylic acids is 3. The highest BCUT2D eigenvalue weighted by Gasteiger charge is 2.28. The maximum atomic E-state index is 13.1. The number of esters is 1. The van der Waals surface area contributed by atoms with Crippen LogP contribution in [0.2, 0.25) is 0 Å². The molecule has 1 atom stereocenters. The summed E-state index contributed by atoms with van der Waals surface area (Å²) in [4.78, 5) is 39.5. The van der Waals surface area contributed by atoms with Crippen molar-refractivity contribution in [2.75, 3.05) is 13.1 Å². The van der Waals surface area contributed by atoms with E-state index in [0.717, 1.165) is 30.4 Å². The highest BCUT2D eigenvalue weighted by atomic mass is 16.5. The number of hydrogen-bond donors (Lipinski definition) is 0. The Morgan fingerprint density at radius 1 is 0.931 bits per heavy atom. The Labute approximate surface area is 171 Å². The molecule has 5 heteroatoms. The zero-order chi connectivity index (χ0) is 20.8. The molecule has 0 bridgehead atoms. The molecule has 2 aromatic rings. The van der Waals surface area contributed by atoms with Crippen LogP contribution in [0.1, 0.15) is 58.8 Å². The summed E-state index contributed by atoms with van der Waals surface area (Å²) >= 11 is 0. The number of carbonyl (C=O) groups is 3. The SMILES string of the molecule is Cc1ccc(C(=O)[C@@H](OC(=O)CN2CCCCCC2=O)c2ccc(C)cc2)cc1. The molecule has 3 rings (SSSR count). The molecule has 0 radical (unpaired) electrons. The fourth-order valence-corrected chi connectivity index (χ4v) is 3.41. The molecule has 0 aromatic heterocycles. The number of amides is 1. The third kappa shape index (κ3) is 5.53. The van der Waals surface area contributed by atoms with Crippen molar-refractivity contribution in [3.8, 4) is 0 Å². The van der Waals surface area contributed by atoms with E-state index in [9.17, 15) is 14.4 Å². The molecular formula is C24H27NO4. The summed E-state index contributed by atoms with van der Waals surface area (Å²) in [7, 11) is 0. The maximum absolute atomic E-state index is 13.1. The lowest BCUT2D eigenvalue weighted by Gasteiger charge is -2.22. The molecule has 1 aliphatic rings. The van der Waals surface area contributed by atoms with Gasteiger partial charge in [0.2, 0.25) is 11.7 Å². The smallest absolute Gasteiger partial charge is 0.326 e. The van der Waals surface area contributed by atoms with Crippen molar-refractivity contribution in [2.45, 2.75) is 45.6 Å². The lowest BCUT2D eigenvalue weighted by atomic mass is 9.98. The van der Waals surface area contributed by atoms with Crippen LogP contribution >= 0.6 is 0 Å². The second-order valence-electron chi connectivity index (χ2n) is 7.64. The Kier molecular flexibility index (Phi) is 6.81. The lowest BCUT2D eigenvalue weighted by molar-refractivity contribution is -0.152. The van der Waals surface area contributed by atoms with Gasteiger partial charge in [-0.15, -0.1) is 0 Å². The number of nitrogens with zero attached hydrogens (tertiary/aromatic N) is 1. The minimum absolute atomic E-state index is 0.0313. The monoisotopic (exact) mass is 393 g/mol. The number of Topliss-reactive ketones (excluding diaryl/α,β-unsaturated/α-hetero) is 1. The highest BCUT2D eigenvalue weighted by Crippen LogP contribution is 2.24. The van der Waals surface area contributed by atoms with Crippen molar-refractivity contribution < 1.29 is 19.1 Å². The third-order valence-corrected chi connectivity index (χ3v) is 5.19. The number of rotatable bonds is 6. The molecular weight excluding hydrogens is 366 g/mol. The fraction of sp³-hybridized carbons (Fsp3) is 0.375. The quantitative estimate of drug-likeness (QED) is 0.546. The van der Waals surface area contributed by atoms with E-state index in [4.69, 9.17) is 4.74 Å². The summed E-state index contributed by atoms with van der Waals surface area (Å²) in [6.07, 6.45) is 2.13. The molecule has 1 fully saturated rings. The van der Waals surface area contributed by atoms with E-state index in [2.05, 4.69) is 0 Å². The summed E-state index contributed by atoms with van der Waals surface area (Å²) in [6, 6.07) is 14.6. The summed E-state index contributed by atoms with van der Waals surface area (Å²) in [5, 5.41) is 0. The Hall–Kier alpha value is -2.95. The van der Waals surface area contributed by atoms with Crippen LogP contribution in [0.4, 0.5) is 0 Å². The Bertz CT molecular complexity index is 871. The second-order valence-corrected chi connectivity index (χ2v) is 7.64. The van der Waals surface area contributed by atoms with E-state index in [1.165, 1.54) is 4.90 Å². The van der Waals surface area contributed by atoms with Gasteiger partial charge in [-0.2, -0.15) is 0 Å². The van der Waals surface area contributed by atoms with Crippen LogP contribution < -0.4 is 0 Å². The van der Waals surface area contributed by atoms with Gasteiger partial charge in [0, 0.05) is 24.1 Å². The molecule has 1 saturated heterocycles. The number of benzene rings is 2. The Morgan fingerprint density at radius 3 is 2.21 bits per heavy atom. The number of aryl methyl sites for hydroxylation is 2. The number of likely N-dealkylation sites (tertiary alicyclic amines) is 1. The lowest BCUT2D eigenvalue weighted by Crippen LogP contribution is -2.37. The standard InChI is InChI=1S/C24H27NO4/c1-17-7-11-19(12-8-17)23(28)24(20-13-9-18(2)10-14-20)29-22(27)16-25-15-5-3-4-6-21(25)26/h7-14,24H,3-6,15-16H2,1-2H3/t24-/m0/s1. The molecule has 152 valence electrons. The number of hydrogen-bond acceptors (Lipinski definition) is 4. The highest BCUT2D eigenvalue weighted by molar-refractivity contribution is 6.01. The van der Waals surface area contributed by atoms with Gasteiger partial charge in [0.25, 0.3) is 0 Å². The zero-order valence-corrected chi connectivity index (χ0v) is 17.0. The predicted octanol–water partition coefficient (Wildman–Crippen LogP) is 4.17. The average molecular weight is 393 g/mol. The van der Waals surface area contributed by atoms with Crippen molar-refractivity contribution in [3.05, 3.63) is 70.8 Å². The summed E-state index contributed by atoms with van der Waals surface area (Å²) in [5.74, 6) is -0.869. The van der Waals surface area contributed by atoms with Crippen molar-refractivity contribution >= 4 is 17.7 Å². The van der Waals surface area contributed by atoms with E-state index in [1.54, 1.807) is 24.3 Å². The molecule has 0 spiro atoms. The van der Waals surface area contributed by atoms with Gasteiger partial charge in [-0.1, -0.05) is 66.1 Å². The van der Waals surface area contributed by atoms with Gasteiger partial charge in [0.15, 0.2) is 6.10 Å². The fourth-order valence-electron chi connectivity index (χ4n) is 3.41. The van der Waals surface area contributed by atoms with Crippen LogP contribution in [0.5, 0.6) is 0 Å². The molecule has 0 unspecified atom stereocenters. The second kappa shape index (κ2) is 9.50. The Morgan fingerprint density at radius 2 is 1.55 bits per heavy atom.